The van der Waals surface area contributed by atoms with E-state index in [1.54, 1.807) is 0 Å². The van der Waals surface area contributed by atoms with Gasteiger partial charge in [0.1, 0.15) is 0 Å². The zero-order chi connectivity index (χ0) is 8.97. The van der Waals surface area contributed by atoms with Crippen LogP contribution in [-0.4, -0.2) is 25.5 Å². The van der Waals surface area contributed by atoms with Gasteiger partial charge in [0.2, 0.25) is 0 Å². The Hall–Kier alpha value is -0.358. The number of rotatable bonds is 3. The molecule has 0 bridgehead atoms. The van der Waals surface area contributed by atoms with Crippen LogP contribution in [0.2, 0.25) is 0 Å². The van der Waals surface area contributed by atoms with Gasteiger partial charge in [0.15, 0.2) is 0 Å². The first-order valence-corrected chi connectivity index (χ1v) is 4.14. The molecule has 0 fully saturated rings. The van der Waals surface area contributed by atoms with Crippen molar-refractivity contribution in [2.24, 2.45) is 0 Å². The molecule has 3 heteroatoms. The van der Waals surface area contributed by atoms with Crippen molar-refractivity contribution in [3.8, 4) is 0 Å². The molecule has 1 N–H and O–H groups in total. The third kappa shape index (κ3) is 5.05. The number of nitrogens with zero attached hydrogens (tertiary/aromatic N) is 1. The Morgan fingerprint density at radius 2 is 1.69 bits per heavy atom. The van der Waals surface area contributed by atoms with Crippen molar-refractivity contribution in [1.82, 2.24) is 4.90 Å². The second-order valence-corrected chi connectivity index (χ2v) is 3.25. The number of nitrogens with one attached hydrogen (secondary N) is 1. The smallest absolute Gasteiger partial charge is 0.00157 e. The van der Waals surface area contributed by atoms with Crippen LogP contribution in [0.1, 0.15) is 5.56 Å². The minimum Gasteiger partial charge on any atom is -0.699 e. The zero-order valence-electron chi connectivity index (χ0n) is 7.99. The van der Waals surface area contributed by atoms with Gasteiger partial charge in [-0.1, -0.05) is 24.3 Å². The SMILES string of the molecule is CN(C)CCc1ccc([NH-])cc1.[Pd]. The van der Waals surface area contributed by atoms with Crippen molar-refractivity contribution >= 4 is 5.69 Å². The fourth-order valence-electron chi connectivity index (χ4n) is 1.02. The van der Waals surface area contributed by atoms with Crippen LogP contribution in [0.15, 0.2) is 24.3 Å². The molecule has 0 aliphatic carbocycles. The molecule has 0 saturated heterocycles. The molecule has 0 spiro atoms. The quantitative estimate of drug-likeness (QED) is 0.775. The second kappa shape index (κ2) is 6.15. The Balaban J connectivity index is 0.00000144. The van der Waals surface area contributed by atoms with E-state index in [0.717, 1.165) is 13.0 Å². The van der Waals surface area contributed by atoms with E-state index in [1.807, 2.05) is 24.3 Å². The largest absolute Gasteiger partial charge is 0.699 e. The summed E-state index contributed by atoms with van der Waals surface area (Å²) in [4.78, 5) is 2.16. The average molecular weight is 270 g/mol. The number of likely N-dealkylation sites (N-methyl/N-ethyl adjacent to an activating group) is 1. The van der Waals surface area contributed by atoms with Crippen LogP contribution in [0.5, 0.6) is 0 Å². The van der Waals surface area contributed by atoms with Crippen molar-refractivity contribution in [3.05, 3.63) is 35.6 Å². The molecular formula is C10H15N2Pd-. The summed E-state index contributed by atoms with van der Waals surface area (Å²) in [5.41, 5.74) is 9.19. The summed E-state index contributed by atoms with van der Waals surface area (Å²) < 4.78 is 0. The molecule has 76 valence electrons. The Bertz CT molecular complexity index is 231. The van der Waals surface area contributed by atoms with Gasteiger partial charge in [-0.25, -0.2) is 0 Å². The molecule has 0 aliphatic rings. The van der Waals surface area contributed by atoms with Crippen molar-refractivity contribution in [2.75, 3.05) is 20.6 Å². The van der Waals surface area contributed by atoms with Crippen LogP contribution in [0.25, 0.3) is 5.73 Å². The van der Waals surface area contributed by atoms with Crippen molar-refractivity contribution in [2.45, 2.75) is 6.42 Å². The molecule has 0 radical (unpaired) electrons. The Kier molecular flexibility index (Phi) is 5.98. The zero-order valence-corrected chi connectivity index (χ0v) is 9.54. The third-order valence-corrected chi connectivity index (χ3v) is 1.80. The molecular weight excluding hydrogens is 255 g/mol. The average Bonchev–Trinajstić information content (AvgIpc) is 2.03. The van der Waals surface area contributed by atoms with Gasteiger partial charge in [0.05, 0.1) is 0 Å². The number of hydrogen-bond acceptors (Lipinski definition) is 1. The molecule has 1 aromatic carbocycles. The van der Waals surface area contributed by atoms with E-state index in [4.69, 9.17) is 5.73 Å². The van der Waals surface area contributed by atoms with Gasteiger partial charge in [-0.05, 0) is 26.1 Å². The summed E-state index contributed by atoms with van der Waals surface area (Å²) in [6.07, 6.45) is 1.06. The summed E-state index contributed by atoms with van der Waals surface area (Å²) in [5.74, 6) is 0. The Labute approximate surface area is 93.8 Å². The van der Waals surface area contributed by atoms with Crippen LogP contribution in [0.4, 0.5) is 5.69 Å². The van der Waals surface area contributed by atoms with E-state index in [0.29, 0.717) is 5.69 Å². The van der Waals surface area contributed by atoms with Gasteiger partial charge in [-0.2, -0.15) is 0 Å². The monoisotopic (exact) mass is 269 g/mol. The third-order valence-electron chi connectivity index (χ3n) is 1.80. The van der Waals surface area contributed by atoms with E-state index in [9.17, 15) is 0 Å². The maximum atomic E-state index is 7.30. The number of benzene rings is 1. The topological polar surface area (TPSA) is 27.0 Å². The first-order chi connectivity index (χ1) is 5.68. The summed E-state index contributed by atoms with van der Waals surface area (Å²) in [6, 6.07) is 7.72. The molecule has 0 saturated carbocycles. The van der Waals surface area contributed by atoms with Crippen molar-refractivity contribution in [3.63, 3.8) is 0 Å². The van der Waals surface area contributed by atoms with Crippen LogP contribution in [0.3, 0.4) is 0 Å². The van der Waals surface area contributed by atoms with Crippen LogP contribution in [0, 0.1) is 0 Å². The fraction of sp³-hybridized carbons (Fsp3) is 0.400. The van der Waals surface area contributed by atoms with E-state index in [-0.39, 0.29) is 20.4 Å². The summed E-state index contributed by atoms with van der Waals surface area (Å²) in [7, 11) is 4.14. The van der Waals surface area contributed by atoms with Crippen molar-refractivity contribution < 1.29 is 20.4 Å². The van der Waals surface area contributed by atoms with Crippen molar-refractivity contribution in [1.29, 1.82) is 0 Å². The van der Waals surface area contributed by atoms with E-state index >= 15 is 0 Å². The van der Waals surface area contributed by atoms with E-state index < -0.39 is 0 Å². The Morgan fingerprint density at radius 3 is 2.15 bits per heavy atom. The standard InChI is InChI=1S/C10H15N2.Pd/c1-12(2)8-7-9-3-5-10(11)6-4-9;/h3-6,11H,7-8H2,1-2H3;/q-1;. The molecule has 13 heavy (non-hydrogen) atoms. The van der Waals surface area contributed by atoms with Crippen LogP contribution < -0.4 is 0 Å². The first-order valence-electron chi connectivity index (χ1n) is 4.14. The summed E-state index contributed by atoms with van der Waals surface area (Å²) in [6.45, 7) is 1.07. The van der Waals surface area contributed by atoms with Crippen LogP contribution in [-0.2, 0) is 26.8 Å². The Morgan fingerprint density at radius 1 is 1.15 bits per heavy atom. The van der Waals surface area contributed by atoms with E-state index in [2.05, 4.69) is 19.0 Å². The molecule has 0 amide bonds. The molecule has 2 nitrogen and oxygen atoms in total. The minimum atomic E-state index is 0. The van der Waals surface area contributed by atoms with Gasteiger partial charge in [-0.3, -0.25) is 0 Å². The molecule has 0 aliphatic heterocycles. The maximum Gasteiger partial charge on any atom is 0.00157 e. The normalized spacial score (nSPS) is 9.77. The van der Waals surface area contributed by atoms with Gasteiger partial charge < -0.3 is 10.6 Å². The van der Waals surface area contributed by atoms with Crippen LogP contribution >= 0.6 is 0 Å². The van der Waals surface area contributed by atoms with Gasteiger partial charge in [0.25, 0.3) is 0 Å². The van der Waals surface area contributed by atoms with Gasteiger partial charge >= 0.3 is 0 Å². The van der Waals surface area contributed by atoms with E-state index in [1.165, 1.54) is 5.56 Å². The predicted octanol–water partition coefficient (Wildman–Crippen LogP) is 2.47. The molecule has 0 atom stereocenters. The molecule has 0 aromatic heterocycles. The molecule has 1 aromatic rings. The van der Waals surface area contributed by atoms with Gasteiger partial charge in [0, 0.05) is 27.0 Å². The summed E-state index contributed by atoms with van der Waals surface area (Å²) >= 11 is 0. The predicted molar refractivity (Wildman–Crippen MR) is 52.7 cm³/mol. The molecule has 0 heterocycles. The maximum absolute atomic E-state index is 7.30. The second-order valence-electron chi connectivity index (χ2n) is 3.25. The summed E-state index contributed by atoms with van der Waals surface area (Å²) in [5, 5.41) is 0. The first kappa shape index (κ1) is 12.6. The number of hydrogen-bond donors (Lipinski definition) is 0. The fourth-order valence-corrected chi connectivity index (χ4v) is 1.02. The molecule has 0 unspecified atom stereocenters. The molecule has 1 rings (SSSR count). The minimum absolute atomic E-state index is 0. The van der Waals surface area contributed by atoms with Gasteiger partial charge in [-0.15, -0.1) is 5.69 Å².